The minimum Gasteiger partial charge on any atom is -0.333 e. The molecular formula is C20H29N5O2S. The van der Waals surface area contributed by atoms with Crippen molar-refractivity contribution < 1.29 is 9.59 Å². The highest BCUT2D eigenvalue weighted by molar-refractivity contribution is 7.99. The number of nitrogens with zero attached hydrogens (tertiary/aromatic N) is 3. The Labute approximate surface area is 170 Å². The number of carbonyl (C=O) groups is 2. The molecule has 2 N–H and O–H groups in total. The summed E-state index contributed by atoms with van der Waals surface area (Å²) < 4.78 is 0. The van der Waals surface area contributed by atoms with Crippen molar-refractivity contribution in [2.75, 3.05) is 24.2 Å². The summed E-state index contributed by atoms with van der Waals surface area (Å²) in [7, 11) is 0. The van der Waals surface area contributed by atoms with E-state index in [9.17, 15) is 9.59 Å². The maximum atomic E-state index is 12.6. The van der Waals surface area contributed by atoms with Crippen molar-refractivity contribution >= 4 is 29.3 Å². The van der Waals surface area contributed by atoms with Crippen molar-refractivity contribution in [1.29, 1.82) is 0 Å². The molecule has 2 amide bonds. The van der Waals surface area contributed by atoms with Gasteiger partial charge in [-0.2, -0.15) is 0 Å². The summed E-state index contributed by atoms with van der Waals surface area (Å²) in [6.07, 6.45) is 0.781. The number of aryl methyl sites for hydroxylation is 1. The molecule has 0 atom stereocenters. The van der Waals surface area contributed by atoms with E-state index in [-0.39, 0.29) is 29.5 Å². The van der Waals surface area contributed by atoms with E-state index in [2.05, 4.69) is 20.5 Å². The van der Waals surface area contributed by atoms with Gasteiger partial charge in [-0.1, -0.05) is 57.7 Å². The molecule has 2 rings (SSSR count). The van der Waals surface area contributed by atoms with Crippen molar-refractivity contribution in [3.05, 3.63) is 35.7 Å². The van der Waals surface area contributed by atoms with Crippen LogP contribution in [0.1, 0.15) is 45.5 Å². The first-order valence-corrected chi connectivity index (χ1v) is 10.4. The van der Waals surface area contributed by atoms with E-state index in [0.717, 1.165) is 23.5 Å². The quantitative estimate of drug-likeness (QED) is 0.660. The topological polar surface area (TPSA) is 91.0 Å². The Balaban J connectivity index is 1.93. The van der Waals surface area contributed by atoms with Crippen LogP contribution >= 0.6 is 11.8 Å². The van der Waals surface area contributed by atoms with E-state index in [0.29, 0.717) is 11.7 Å². The molecule has 0 aliphatic carbocycles. The number of benzene rings is 1. The normalized spacial score (nSPS) is 11.3. The molecule has 2 aromatic rings. The second kappa shape index (κ2) is 9.73. The molecule has 0 aliphatic rings. The Morgan fingerprint density at radius 2 is 1.96 bits per heavy atom. The first kappa shape index (κ1) is 21.9. The van der Waals surface area contributed by atoms with Gasteiger partial charge < -0.3 is 10.2 Å². The average Bonchev–Trinajstić information content (AvgIpc) is 3.11. The number of para-hydroxylation sites is 1. The Morgan fingerprint density at radius 1 is 1.25 bits per heavy atom. The third kappa shape index (κ3) is 6.37. The molecule has 0 saturated carbocycles. The average molecular weight is 404 g/mol. The number of rotatable bonds is 8. The maximum Gasteiger partial charge on any atom is 0.244 e. The summed E-state index contributed by atoms with van der Waals surface area (Å²) in [4.78, 5) is 31.0. The molecule has 0 aliphatic heterocycles. The maximum absolute atomic E-state index is 12.6. The lowest BCUT2D eigenvalue weighted by Gasteiger charge is -2.21. The predicted molar refractivity (Wildman–Crippen MR) is 112 cm³/mol. The van der Waals surface area contributed by atoms with E-state index >= 15 is 0 Å². The van der Waals surface area contributed by atoms with Gasteiger partial charge in [0.15, 0.2) is 0 Å². The van der Waals surface area contributed by atoms with Crippen LogP contribution in [0.2, 0.25) is 0 Å². The van der Waals surface area contributed by atoms with Gasteiger partial charge in [0.05, 0.1) is 12.3 Å². The predicted octanol–water partition coefficient (Wildman–Crippen LogP) is 3.38. The van der Waals surface area contributed by atoms with Gasteiger partial charge in [0.2, 0.25) is 17.0 Å². The third-order valence-electron chi connectivity index (χ3n) is 4.10. The molecule has 0 spiro atoms. The fourth-order valence-corrected chi connectivity index (χ4v) is 3.20. The largest absolute Gasteiger partial charge is 0.333 e. The van der Waals surface area contributed by atoms with Crippen LogP contribution in [0.15, 0.2) is 29.4 Å². The van der Waals surface area contributed by atoms with E-state index in [4.69, 9.17) is 0 Å². The van der Waals surface area contributed by atoms with Crippen LogP contribution in [-0.4, -0.2) is 50.7 Å². The van der Waals surface area contributed by atoms with E-state index < -0.39 is 0 Å². The number of amides is 2. The second-order valence-electron chi connectivity index (χ2n) is 7.68. The number of aromatic amines is 1. The zero-order valence-electron chi connectivity index (χ0n) is 17.2. The van der Waals surface area contributed by atoms with Crippen molar-refractivity contribution in [3.63, 3.8) is 0 Å². The summed E-state index contributed by atoms with van der Waals surface area (Å²) in [5.74, 6) is 0.674. The molecular weight excluding hydrogens is 374 g/mol. The van der Waals surface area contributed by atoms with Gasteiger partial charge in [-0.25, -0.2) is 4.98 Å². The van der Waals surface area contributed by atoms with E-state index in [1.807, 2.05) is 58.9 Å². The molecule has 0 saturated heterocycles. The lowest BCUT2D eigenvalue weighted by atomic mass is 9.96. The fraction of sp³-hybridized carbons (Fsp3) is 0.500. The smallest absolute Gasteiger partial charge is 0.244 e. The molecule has 7 nitrogen and oxygen atoms in total. The number of H-pyrrole nitrogens is 1. The van der Waals surface area contributed by atoms with Crippen molar-refractivity contribution in [2.24, 2.45) is 0 Å². The summed E-state index contributed by atoms with van der Waals surface area (Å²) >= 11 is 1.28. The molecule has 0 fully saturated rings. The number of hydrogen-bond acceptors (Lipinski definition) is 5. The minimum absolute atomic E-state index is 0.0306. The number of carbonyl (C=O) groups excluding carboxylic acids is 2. The number of aromatic nitrogens is 3. The number of anilines is 1. The van der Waals surface area contributed by atoms with E-state index in [1.54, 1.807) is 4.90 Å². The van der Waals surface area contributed by atoms with Gasteiger partial charge in [0, 0.05) is 17.6 Å². The van der Waals surface area contributed by atoms with Crippen LogP contribution in [0.25, 0.3) is 0 Å². The Morgan fingerprint density at radius 3 is 2.57 bits per heavy atom. The van der Waals surface area contributed by atoms with E-state index in [1.165, 1.54) is 11.8 Å². The minimum atomic E-state index is -0.200. The zero-order chi connectivity index (χ0) is 20.7. The second-order valence-corrected chi connectivity index (χ2v) is 8.63. The SMILES string of the molecule is CCCN(CC(=O)Nc1ccccc1C)C(=O)CSc1n[nH]c(C(C)(C)C)n1. The van der Waals surface area contributed by atoms with Crippen LogP contribution in [0, 0.1) is 6.92 Å². The lowest BCUT2D eigenvalue weighted by Crippen LogP contribution is -2.39. The molecule has 0 radical (unpaired) electrons. The fourth-order valence-electron chi connectivity index (χ4n) is 2.50. The Hall–Kier alpha value is -2.35. The molecule has 1 aromatic carbocycles. The third-order valence-corrected chi connectivity index (χ3v) is 4.93. The van der Waals surface area contributed by atoms with Gasteiger partial charge >= 0.3 is 0 Å². The summed E-state index contributed by atoms with van der Waals surface area (Å²) in [5, 5.41) is 10.5. The first-order valence-electron chi connectivity index (χ1n) is 9.39. The molecule has 1 aromatic heterocycles. The summed E-state index contributed by atoms with van der Waals surface area (Å²) in [6, 6.07) is 7.58. The van der Waals surface area contributed by atoms with Gasteiger partial charge in [-0.05, 0) is 25.0 Å². The summed E-state index contributed by atoms with van der Waals surface area (Å²) in [6.45, 7) is 10.6. The molecule has 152 valence electrons. The molecule has 0 unspecified atom stereocenters. The highest BCUT2D eigenvalue weighted by Gasteiger charge is 2.21. The Bertz CT molecular complexity index is 813. The van der Waals surface area contributed by atoms with Crippen LogP contribution in [0.5, 0.6) is 0 Å². The van der Waals surface area contributed by atoms with Crippen LogP contribution < -0.4 is 5.32 Å². The monoisotopic (exact) mass is 403 g/mol. The van der Waals surface area contributed by atoms with Gasteiger partial charge in [0.25, 0.3) is 0 Å². The van der Waals surface area contributed by atoms with Gasteiger partial charge in [-0.3, -0.25) is 14.7 Å². The molecule has 0 bridgehead atoms. The highest BCUT2D eigenvalue weighted by atomic mass is 32.2. The van der Waals surface area contributed by atoms with Crippen LogP contribution in [-0.2, 0) is 15.0 Å². The number of nitrogens with one attached hydrogen (secondary N) is 2. The van der Waals surface area contributed by atoms with Gasteiger partial charge in [0.1, 0.15) is 5.82 Å². The van der Waals surface area contributed by atoms with Crippen molar-refractivity contribution in [2.45, 2.75) is 51.6 Å². The van der Waals surface area contributed by atoms with Crippen molar-refractivity contribution in [3.8, 4) is 0 Å². The molecule has 1 heterocycles. The first-order chi connectivity index (χ1) is 13.2. The highest BCUT2D eigenvalue weighted by Crippen LogP contribution is 2.21. The lowest BCUT2D eigenvalue weighted by molar-refractivity contribution is -0.132. The van der Waals surface area contributed by atoms with Crippen LogP contribution in [0.3, 0.4) is 0 Å². The Kier molecular flexibility index (Phi) is 7.62. The summed E-state index contributed by atoms with van der Waals surface area (Å²) in [5.41, 5.74) is 1.62. The zero-order valence-corrected chi connectivity index (χ0v) is 18.0. The standard InChI is InChI=1S/C20H29N5O2S/c1-6-11-25(12-16(26)21-15-10-8-7-9-14(15)2)17(27)13-28-19-22-18(23-24-19)20(3,4)5/h7-10H,6,11-13H2,1-5H3,(H,21,26)(H,22,23,24). The van der Waals surface area contributed by atoms with Crippen LogP contribution in [0.4, 0.5) is 5.69 Å². The number of thioether (sulfide) groups is 1. The molecule has 28 heavy (non-hydrogen) atoms. The molecule has 8 heteroatoms. The van der Waals surface area contributed by atoms with Gasteiger partial charge in [-0.15, -0.1) is 5.10 Å². The number of hydrogen-bond donors (Lipinski definition) is 2. The van der Waals surface area contributed by atoms with Crippen molar-refractivity contribution in [1.82, 2.24) is 20.1 Å².